The van der Waals surface area contributed by atoms with E-state index in [1.54, 1.807) is 12.1 Å². The molecule has 0 fully saturated rings. The lowest BCUT2D eigenvalue weighted by Gasteiger charge is -2.14. The van der Waals surface area contributed by atoms with Crippen molar-refractivity contribution in [3.63, 3.8) is 0 Å². The molecule has 0 atom stereocenters. The lowest BCUT2D eigenvalue weighted by molar-refractivity contribution is 0.0601. The molecular formula is C23H21NO5. The highest BCUT2D eigenvalue weighted by molar-refractivity contribution is 6.08. The quantitative estimate of drug-likeness (QED) is 0.630. The van der Waals surface area contributed by atoms with Gasteiger partial charge in [-0.15, -0.1) is 0 Å². The van der Waals surface area contributed by atoms with Crippen molar-refractivity contribution in [2.24, 2.45) is 0 Å². The molecule has 0 heterocycles. The van der Waals surface area contributed by atoms with Crippen LogP contribution in [0.3, 0.4) is 0 Å². The summed E-state index contributed by atoms with van der Waals surface area (Å²) in [5, 5.41) is 2.75. The van der Waals surface area contributed by atoms with Crippen LogP contribution in [0.4, 0.5) is 5.69 Å². The Bertz CT molecular complexity index is 1010. The number of hydrogen-bond donors (Lipinski definition) is 1. The normalized spacial score (nSPS) is 10.2. The number of rotatable bonds is 6. The minimum absolute atomic E-state index is 0.166. The summed E-state index contributed by atoms with van der Waals surface area (Å²) in [6.45, 7) is 0. The summed E-state index contributed by atoms with van der Waals surface area (Å²) in [7, 11) is 4.21. The van der Waals surface area contributed by atoms with E-state index in [0.717, 1.165) is 11.1 Å². The third-order valence-electron chi connectivity index (χ3n) is 4.43. The first-order valence-corrected chi connectivity index (χ1v) is 8.88. The van der Waals surface area contributed by atoms with E-state index in [1.165, 1.54) is 33.5 Å². The first kappa shape index (κ1) is 19.9. The van der Waals surface area contributed by atoms with E-state index in [1.807, 2.05) is 42.5 Å². The number of amides is 1. The van der Waals surface area contributed by atoms with Crippen LogP contribution in [0.15, 0.2) is 66.7 Å². The molecule has 148 valence electrons. The second-order valence-electron chi connectivity index (χ2n) is 6.14. The first-order chi connectivity index (χ1) is 14.1. The monoisotopic (exact) mass is 391 g/mol. The summed E-state index contributed by atoms with van der Waals surface area (Å²) in [5.41, 5.74) is 2.96. The van der Waals surface area contributed by atoms with E-state index in [4.69, 9.17) is 14.2 Å². The maximum atomic E-state index is 12.7. The van der Waals surface area contributed by atoms with E-state index in [2.05, 4.69) is 5.32 Å². The maximum Gasteiger partial charge on any atom is 0.340 e. The van der Waals surface area contributed by atoms with Crippen LogP contribution in [0.25, 0.3) is 11.1 Å². The lowest BCUT2D eigenvalue weighted by atomic mass is 10.0. The molecular weight excluding hydrogens is 370 g/mol. The van der Waals surface area contributed by atoms with Gasteiger partial charge in [-0.3, -0.25) is 4.79 Å². The number of hydrogen-bond acceptors (Lipinski definition) is 5. The Morgan fingerprint density at radius 2 is 1.34 bits per heavy atom. The van der Waals surface area contributed by atoms with Crippen LogP contribution >= 0.6 is 0 Å². The van der Waals surface area contributed by atoms with Gasteiger partial charge in [0.15, 0.2) is 11.5 Å². The summed E-state index contributed by atoms with van der Waals surface area (Å²) in [6, 6.07) is 20.1. The Labute approximate surface area is 169 Å². The number of methoxy groups -OCH3 is 3. The van der Waals surface area contributed by atoms with Crippen molar-refractivity contribution < 1.29 is 23.8 Å². The van der Waals surface area contributed by atoms with Gasteiger partial charge in [-0.25, -0.2) is 4.79 Å². The standard InChI is InChI=1S/C23H21NO5/c1-27-20-13-18(23(26)29-3)19(14-21(20)28-2)24-22(25)17-11-9-16(10-12-17)15-7-5-4-6-8-15/h4-14H,1-3H3,(H,24,25). The molecule has 0 saturated carbocycles. The number of benzene rings is 3. The van der Waals surface area contributed by atoms with Crippen LogP contribution in [0.1, 0.15) is 20.7 Å². The van der Waals surface area contributed by atoms with Crippen molar-refractivity contribution in [3.05, 3.63) is 77.9 Å². The zero-order chi connectivity index (χ0) is 20.8. The van der Waals surface area contributed by atoms with Crippen molar-refractivity contribution >= 4 is 17.6 Å². The Balaban J connectivity index is 1.89. The number of nitrogens with one attached hydrogen (secondary N) is 1. The number of ether oxygens (including phenoxy) is 3. The van der Waals surface area contributed by atoms with Gasteiger partial charge in [-0.1, -0.05) is 42.5 Å². The molecule has 0 radical (unpaired) electrons. The fraction of sp³-hybridized carbons (Fsp3) is 0.130. The van der Waals surface area contributed by atoms with Gasteiger partial charge in [0.05, 0.1) is 32.6 Å². The van der Waals surface area contributed by atoms with Gasteiger partial charge in [-0.2, -0.15) is 0 Å². The molecule has 1 N–H and O–H groups in total. The summed E-state index contributed by atoms with van der Waals surface area (Å²) >= 11 is 0. The molecule has 0 spiro atoms. The number of carbonyl (C=O) groups excluding carboxylic acids is 2. The van der Waals surface area contributed by atoms with Gasteiger partial charge in [0.1, 0.15) is 0 Å². The summed E-state index contributed by atoms with van der Waals surface area (Å²) in [5.74, 6) is -0.212. The third-order valence-corrected chi connectivity index (χ3v) is 4.43. The van der Waals surface area contributed by atoms with Crippen LogP contribution in [0.5, 0.6) is 11.5 Å². The van der Waals surface area contributed by atoms with Crippen molar-refractivity contribution in [3.8, 4) is 22.6 Å². The zero-order valence-electron chi connectivity index (χ0n) is 16.4. The summed E-state index contributed by atoms with van der Waals surface area (Å²) in [4.78, 5) is 24.9. The second-order valence-corrected chi connectivity index (χ2v) is 6.14. The van der Waals surface area contributed by atoms with Crippen molar-refractivity contribution in [1.29, 1.82) is 0 Å². The molecule has 1 amide bonds. The second kappa shape index (κ2) is 8.93. The van der Waals surface area contributed by atoms with Crippen molar-refractivity contribution in [1.82, 2.24) is 0 Å². The Kier molecular flexibility index (Phi) is 6.14. The predicted molar refractivity (Wildman–Crippen MR) is 111 cm³/mol. The van der Waals surface area contributed by atoms with Gasteiger partial charge in [0, 0.05) is 17.7 Å². The van der Waals surface area contributed by atoms with Crippen LogP contribution in [0, 0.1) is 0 Å². The van der Waals surface area contributed by atoms with E-state index < -0.39 is 5.97 Å². The van der Waals surface area contributed by atoms with Gasteiger partial charge in [0.25, 0.3) is 5.91 Å². The fourth-order valence-electron chi connectivity index (χ4n) is 2.90. The van der Waals surface area contributed by atoms with Gasteiger partial charge >= 0.3 is 5.97 Å². The Morgan fingerprint density at radius 3 is 1.93 bits per heavy atom. The molecule has 0 bridgehead atoms. The highest BCUT2D eigenvalue weighted by Gasteiger charge is 2.19. The lowest BCUT2D eigenvalue weighted by Crippen LogP contribution is -2.16. The molecule has 0 aromatic heterocycles. The average Bonchev–Trinajstić information content (AvgIpc) is 2.78. The zero-order valence-corrected chi connectivity index (χ0v) is 16.4. The Hall–Kier alpha value is -3.80. The number of esters is 1. The molecule has 0 aliphatic carbocycles. The van der Waals surface area contributed by atoms with Crippen LogP contribution in [-0.2, 0) is 4.74 Å². The fourth-order valence-corrected chi connectivity index (χ4v) is 2.90. The van der Waals surface area contributed by atoms with Gasteiger partial charge < -0.3 is 19.5 Å². The van der Waals surface area contributed by atoms with Crippen LogP contribution in [0.2, 0.25) is 0 Å². The average molecular weight is 391 g/mol. The molecule has 29 heavy (non-hydrogen) atoms. The topological polar surface area (TPSA) is 73.9 Å². The first-order valence-electron chi connectivity index (χ1n) is 8.88. The van der Waals surface area contributed by atoms with E-state index >= 15 is 0 Å². The van der Waals surface area contributed by atoms with E-state index in [9.17, 15) is 9.59 Å². The molecule has 6 nitrogen and oxygen atoms in total. The minimum atomic E-state index is -0.597. The van der Waals surface area contributed by atoms with E-state index in [-0.39, 0.29) is 17.2 Å². The molecule has 0 aliphatic heterocycles. The molecule has 0 unspecified atom stereocenters. The molecule has 3 rings (SSSR count). The SMILES string of the molecule is COC(=O)c1cc(OC)c(OC)cc1NC(=O)c1ccc(-c2ccccc2)cc1. The van der Waals surface area contributed by atoms with Crippen molar-refractivity contribution in [2.45, 2.75) is 0 Å². The van der Waals surface area contributed by atoms with Crippen LogP contribution < -0.4 is 14.8 Å². The maximum absolute atomic E-state index is 12.7. The minimum Gasteiger partial charge on any atom is -0.493 e. The van der Waals surface area contributed by atoms with Crippen LogP contribution in [-0.4, -0.2) is 33.2 Å². The van der Waals surface area contributed by atoms with E-state index in [0.29, 0.717) is 17.1 Å². The predicted octanol–water partition coefficient (Wildman–Crippen LogP) is 4.41. The molecule has 6 heteroatoms. The van der Waals surface area contributed by atoms with Gasteiger partial charge in [-0.05, 0) is 23.3 Å². The molecule has 0 aliphatic rings. The summed E-state index contributed by atoms with van der Waals surface area (Å²) in [6.07, 6.45) is 0. The smallest absolute Gasteiger partial charge is 0.340 e. The van der Waals surface area contributed by atoms with Crippen molar-refractivity contribution in [2.75, 3.05) is 26.6 Å². The third kappa shape index (κ3) is 4.38. The van der Waals surface area contributed by atoms with Gasteiger partial charge in [0.2, 0.25) is 0 Å². The highest BCUT2D eigenvalue weighted by atomic mass is 16.5. The molecule has 3 aromatic carbocycles. The largest absolute Gasteiger partial charge is 0.493 e. The molecule has 0 saturated heterocycles. The molecule has 3 aromatic rings. The number of carbonyl (C=O) groups is 2. The number of anilines is 1. The highest BCUT2D eigenvalue weighted by Crippen LogP contribution is 2.34. The Morgan fingerprint density at radius 1 is 0.759 bits per heavy atom. The summed E-state index contributed by atoms with van der Waals surface area (Å²) < 4.78 is 15.3.